The van der Waals surface area contributed by atoms with E-state index in [4.69, 9.17) is 4.74 Å². The van der Waals surface area contributed by atoms with Gasteiger partial charge in [0.05, 0.1) is 11.6 Å². The number of rotatable bonds is 8. The van der Waals surface area contributed by atoms with Gasteiger partial charge in [-0.05, 0) is 55.9 Å². The van der Waals surface area contributed by atoms with Gasteiger partial charge < -0.3 is 15.0 Å². The standard InChI is InChI=1S/C28H35N5O3/c1-20-10-5-6-14-23(20)27(28(35)29-21-11-3-2-4-12-21)32(18-22-13-9-17-36-22)26(34)19-33-25-16-8-7-15-24(25)30-31-33/h5-8,10,14-16,21-22,27H,2-4,9,11-13,17-19H2,1H3,(H,29,35)/t22-,27+/m1/s1. The number of fused-ring (bicyclic) bond motifs is 1. The Kier molecular flexibility index (Phi) is 7.60. The smallest absolute Gasteiger partial charge is 0.247 e. The van der Waals surface area contributed by atoms with E-state index >= 15 is 0 Å². The fourth-order valence-electron chi connectivity index (χ4n) is 5.48. The Morgan fingerprint density at radius 3 is 2.61 bits per heavy atom. The summed E-state index contributed by atoms with van der Waals surface area (Å²) >= 11 is 0. The van der Waals surface area contributed by atoms with E-state index in [1.54, 1.807) is 9.58 Å². The summed E-state index contributed by atoms with van der Waals surface area (Å²) in [6.07, 6.45) is 7.17. The maximum absolute atomic E-state index is 14.0. The van der Waals surface area contributed by atoms with Gasteiger partial charge in [0.1, 0.15) is 18.1 Å². The van der Waals surface area contributed by atoms with Gasteiger partial charge in [0, 0.05) is 19.2 Å². The second-order valence-electron chi connectivity index (χ2n) is 10.0. The Balaban J connectivity index is 1.48. The number of ether oxygens (including phenoxy) is 1. The number of hydrogen-bond acceptors (Lipinski definition) is 5. The molecular weight excluding hydrogens is 454 g/mol. The molecule has 2 amide bonds. The molecule has 2 atom stereocenters. The Labute approximate surface area is 212 Å². The highest BCUT2D eigenvalue weighted by molar-refractivity contribution is 5.89. The molecule has 1 aromatic heterocycles. The zero-order valence-electron chi connectivity index (χ0n) is 20.9. The normalized spacial score (nSPS) is 19.3. The molecule has 5 rings (SSSR count). The van der Waals surface area contributed by atoms with Gasteiger partial charge in [-0.15, -0.1) is 5.10 Å². The maximum atomic E-state index is 14.0. The van der Waals surface area contributed by atoms with Crippen LogP contribution in [0.4, 0.5) is 0 Å². The average molecular weight is 490 g/mol. The van der Waals surface area contributed by atoms with Gasteiger partial charge in [-0.1, -0.05) is 60.9 Å². The van der Waals surface area contributed by atoms with Crippen LogP contribution in [0.15, 0.2) is 48.5 Å². The zero-order valence-corrected chi connectivity index (χ0v) is 20.9. The summed E-state index contributed by atoms with van der Waals surface area (Å²) in [5.74, 6) is -0.292. The first-order valence-electron chi connectivity index (χ1n) is 13.2. The molecule has 0 unspecified atom stereocenters. The lowest BCUT2D eigenvalue weighted by molar-refractivity contribution is -0.143. The zero-order chi connectivity index (χ0) is 24.9. The van der Waals surface area contributed by atoms with Crippen LogP contribution < -0.4 is 5.32 Å². The molecule has 0 bridgehead atoms. The monoisotopic (exact) mass is 489 g/mol. The minimum Gasteiger partial charge on any atom is -0.376 e. The van der Waals surface area contributed by atoms with Crippen LogP contribution in [0.3, 0.4) is 0 Å². The molecule has 1 aliphatic heterocycles. The quantitative estimate of drug-likeness (QED) is 0.518. The van der Waals surface area contributed by atoms with Gasteiger partial charge in [-0.2, -0.15) is 0 Å². The number of carbonyl (C=O) groups excluding carboxylic acids is 2. The van der Waals surface area contributed by atoms with Crippen LogP contribution in [0.2, 0.25) is 0 Å². The van der Waals surface area contributed by atoms with Crippen molar-refractivity contribution in [1.82, 2.24) is 25.2 Å². The number of amides is 2. The van der Waals surface area contributed by atoms with Gasteiger partial charge in [0.25, 0.3) is 0 Å². The van der Waals surface area contributed by atoms with E-state index in [1.165, 1.54) is 6.42 Å². The average Bonchev–Trinajstić information content (AvgIpc) is 3.55. The molecule has 190 valence electrons. The molecule has 8 heteroatoms. The van der Waals surface area contributed by atoms with Crippen LogP contribution in [0.25, 0.3) is 11.0 Å². The summed E-state index contributed by atoms with van der Waals surface area (Å²) in [4.78, 5) is 29.6. The Hall–Kier alpha value is -3.26. The van der Waals surface area contributed by atoms with Crippen LogP contribution in [0.1, 0.15) is 62.1 Å². The molecule has 1 saturated heterocycles. The minimum absolute atomic E-state index is 0.00627. The molecule has 1 aliphatic carbocycles. The molecule has 8 nitrogen and oxygen atoms in total. The highest BCUT2D eigenvalue weighted by atomic mass is 16.5. The van der Waals surface area contributed by atoms with E-state index in [0.29, 0.717) is 13.2 Å². The first-order valence-corrected chi connectivity index (χ1v) is 13.2. The third-order valence-corrected chi connectivity index (χ3v) is 7.44. The van der Waals surface area contributed by atoms with Gasteiger partial charge in [0.2, 0.25) is 11.8 Å². The van der Waals surface area contributed by atoms with E-state index in [-0.39, 0.29) is 30.5 Å². The summed E-state index contributed by atoms with van der Waals surface area (Å²) in [5, 5.41) is 11.7. The number of nitrogens with one attached hydrogen (secondary N) is 1. The Bertz CT molecular complexity index is 1200. The molecule has 0 spiro atoms. The van der Waals surface area contributed by atoms with Crippen LogP contribution in [-0.4, -0.2) is 57.0 Å². The second-order valence-corrected chi connectivity index (χ2v) is 10.0. The highest BCUT2D eigenvalue weighted by Crippen LogP contribution is 2.28. The van der Waals surface area contributed by atoms with Crippen molar-refractivity contribution in [1.29, 1.82) is 0 Å². The number of aryl methyl sites for hydroxylation is 1. The molecule has 2 heterocycles. The molecule has 0 radical (unpaired) electrons. The molecule has 2 aromatic carbocycles. The van der Waals surface area contributed by atoms with Crippen molar-refractivity contribution < 1.29 is 14.3 Å². The summed E-state index contributed by atoms with van der Waals surface area (Å²) < 4.78 is 7.54. The molecule has 3 aromatic rings. The highest BCUT2D eigenvalue weighted by Gasteiger charge is 2.36. The van der Waals surface area contributed by atoms with Crippen molar-refractivity contribution in [2.45, 2.75) is 76.6 Å². The van der Waals surface area contributed by atoms with Gasteiger partial charge >= 0.3 is 0 Å². The van der Waals surface area contributed by atoms with Crippen molar-refractivity contribution in [3.8, 4) is 0 Å². The third kappa shape index (κ3) is 5.43. The number of nitrogens with zero attached hydrogens (tertiary/aromatic N) is 4. The van der Waals surface area contributed by atoms with Crippen molar-refractivity contribution in [3.05, 3.63) is 59.7 Å². The summed E-state index contributed by atoms with van der Waals surface area (Å²) in [5.41, 5.74) is 3.36. The van der Waals surface area contributed by atoms with Crippen LogP contribution in [0, 0.1) is 6.92 Å². The summed E-state index contributed by atoms with van der Waals surface area (Å²) in [6, 6.07) is 14.9. The molecular formula is C28H35N5O3. The first-order chi connectivity index (χ1) is 17.6. The topological polar surface area (TPSA) is 89.4 Å². The molecule has 1 saturated carbocycles. The largest absolute Gasteiger partial charge is 0.376 e. The number of benzene rings is 2. The van der Waals surface area contributed by atoms with Crippen molar-refractivity contribution in [2.75, 3.05) is 13.2 Å². The molecule has 2 aliphatic rings. The van der Waals surface area contributed by atoms with Crippen molar-refractivity contribution in [2.24, 2.45) is 0 Å². The lowest BCUT2D eigenvalue weighted by Gasteiger charge is -2.35. The van der Waals surface area contributed by atoms with Crippen molar-refractivity contribution >= 4 is 22.8 Å². The number of carbonyl (C=O) groups is 2. The lowest BCUT2D eigenvalue weighted by Crippen LogP contribution is -2.50. The molecule has 2 fully saturated rings. The number of hydrogen-bond donors (Lipinski definition) is 1. The van der Waals surface area contributed by atoms with Gasteiger partial charge in [0.15, 0.2) is 0 Å². The maximum Gasteiger partial charge on any atom is 0.247 e. The lowest BCUT2D eigenvalue weighted by atomic mass is 9.94. The van der Waals surface area contributed by atoms with E-state index in [2.05, 4.69) is 15.6 Å². The van der Waals surface area contributed by atoms with Crippen LogP contribution in [0.5, 0.6) is 0 Å². The second kappa shape index (κ2) is 11.2. The minimum atomic E-state index is -0.736. The predicted molar refractivity (Wildman–Crippen MR) is 137 cm³/mol. The third-order valence-electron chi connectivity index (χ3n) is 7.44. The Morgan fingerprint density at radius 1 is 1.06 bits per heavy atom. The van der Waals surface area contributed by atoms with Gasteiger partial charge in [-0.3, -0.25) is 9.59 Å². The van der Waals surface area contributed by atoms with E-state index < -0.39 is 6.04 Å². The predicted octanol–water partition coefficient (Wildman–Crippen LogP) is 3.94. The molecule has 1 N–H and O–H groups in total. The SMILES string of the molecule is Cc1ccccc1[C@@H](C(=O)NC1CCCCC1)N(C[C@H]1CCCO1)C(=O)Cn1nnc2ccccc21. The summed E-state index contributed by atoms with van der Waals surface area (Å²) in [6.45, 7) is 3.05. The summed E-state index contributed by atoms with van der Waals surface area (Å²) in [7, 11) is 0. The first kappa shape index (κ1) is 24.4. The van der Waals surface area contributed by atoms with Crippen LogP contribution >= 0.6 is 0 Å². The van der Waals surface area contributed by atoms with Crippen molar-refractivity contribution in [3.63, 3.8) is 0 Å². The number of aromatic nitrogens is 3. The van der Waals surface area contributed by atoms with E-state index in [1.807, 2.05) is 55.5 Å². The molecule has 36 heavy (non-hydrogen) atoms. The fraction of sp³-hybridized carbons (Fsp3) is 0.500. The fourth-order valence-corrected chi connectivity index (χ4v) is 5.48. The van der Waals surface area contributed by atoms with E-state index in [0.717, 1.165) is 60.7 Å². The van der Waals surface area contributed by atoms with Crippen LogP contribution in [-0.2, 0) is 20.9 Å². The number of para-hydroxylation sites is 1. The van der Waals surface area contributed by atoms with Gasteiger partial charge in [-0.25, -0.2) is 4.68 Å². The Morgan fingerprint density at radius 2 is 1.83 bits per heavy atom. The van der Waals surface area contributed by atoms with E-state index in [9.17, 15) is 9.59 Å².